The molecule has 0 N–H and O–H groups in total. The molecule has 0 amide bonds. The smallest absolute Gasteiger partial charge is 0.258 e. The lowest BCUT2D eigenvalue weighted by Crippen LogP contribution is -1.90. The molecule has 5 nitrogen and oxygen atoms in total. The highest BCUT2D eigenvalue weighted by molar-refractivity contribution is 5.62. The van der Waals surface area contributed by atoms with E-state index >= 15 is 0 Å². The van der Waals surface area contributed by atoms with Crippen molar-refractivity contribution in [2.75, 3.05) is 0 Å². The number of nitro groups is 1. The van der Waals surface area contributed by atoms with Gasteiger partial charge in [-0.15, -0.1) is 0 Å². The molecule has 0 bridgehead atoms. The molecule has 1 heterocycles. The highest BCUT2D eigenvalue weighted by Gasteiger charge is 2.08. The van der Waals surface area contributed by atoms with E-state index in [4.69, 9.17) is 5.26 Å². The highest BCUT2D eigenvalue weighted by atomic mass is 16.6. The zero-order chi connectivity index (χ0) is 12.3. The van der Waals surface area contributed by atoms with E-state index in [0.29, 0.717) is 11.3 Å². The van der Waals surface area contributed by atoms with Crippen molar-refractivity contribution in [3.05, 3.63) is 58.3 Å². The molecule has 0 aliphatic rings. The minimum absolute atomic E-state index is 0.00617. The van der Waals surface area contributed by atoms with Gasteiger partial charge < -0.3 is 0 Å². The Labute approximate surface area is 97.1 Å². The largest absolute Gasteiger partial charge is 0.270 e. The van der Waals surface area contributed by atoms with E-state index in [9.17, 15) is 10.1 Å². The van der Waals surface area contributed by atoms with Crippen molar-refractivity contribution in [2.45, 2.75) is 0 Å². The molecule has 0 aliphatic carbocycles. The van der Waals surface area contributed by atoms with E-state index in [1.165, 1.54) is 12.1 Å². The van der Waals surface area contributed by atoms with Crippen molar-refractivity contribution in [1.82, 2.24) is 4.98 Å². The van der Waals surface area contributed by atoms with Gasteiger partial charge in [0.2, 0.25) is 0 Å². The quantitative estimate of drug-likeness (QED) is 0.581. The average Bonchev–Trinajstić information content (AvgIpc) is 2.39. The fourth-order valence-electron chi connectivity index (χ4n) is 1.44. The van der Waals surface area contributed by atoms with Gasteiger partial charge in [0.15, 0.2) is 0 Å². The molecular weight excluding hydrogens is 218 g/mol. The van der Waals surface area contributed by atoms with Gasteiger partial charge in [0.25, 0.3) is 5.69 Å². The van der Waals surface area contributed by atoms with Gasteiger partial charge in [-0.25, -0.2) is 4.98 Å². The topological polar surface area (TPSA) is 79.8 Å². The lowest BCUT2D eigenvalue weighted by molar-refractivity contribution is -0.384. The molecular formula is C12H7N3O2. The predicted molar refractivity (Wildman–Crippen MR) is 61.0 cm³/mol. The second-order valence-electron chi connectivity index (χ2n) is 3.33. The Morgan fingerprint density at radius 3 is 2.71 bits per heavy atom. The molecule has 0 saturated carbocycles. The molecule has 0 spiro atoms. The summed E-state index contributed by atoms with van der Waals surface area (Å²) in [6, 6.07) is 13.1. The molecule has 0 atom stereocenters. The molecule has 0 fully saturated rings. The molecule has 0 unspecified atom stereocenters. The fourth-order valence-corrected chi connectivity index (χ4v) is 1.44. The van der Waals surface area contributed by atoms with Crippen LogP contribution >= 0.6 is 0 Å². The molecule has 0 aliphatic heterocycles. The number of nitrogens with zero attached hydrogens (tertiary/aromatic N) is 3. The number of nitro benzene ring substituents is 1. The van der Waals surface area contributed by atoms with E-state index in [2.05, 4.69) is 4.98 Å². The van der Waals surface area contributed by atoms with Crippen molar-refractivity contribution in [1.29, 1.82) is 5.26 Å². The van der Waals surface area contributed by atoms with Crippen LogP contribution in [0.25, 0.3) is 11.3 Å². The molecule has 82 valence electrons. The van der Waals surface area contributed by atoms with Crippen molar-refractivity contribution in [3.63, 3.8) is 0 Å². The predicted octanol–water partition coefficient (Wildman–Crippen LogP) is 2.53. The maximum atomic E-state index is 10.6. The first kappa shape index (κ1) is 10.8. The number of benzene rings is 1. The molecule has 5 heteroatoms. The first-order chi connectivity index (χ1) is 8.20. The summed E-state index contributed by atoms with van der Waals surface area (Å²) in [5, 5.41) is 19.4. The van der Waals surface area contributed by atoms with Crippen LogP contribution in [0.4, 0.5) is 5.69 Å². The van der Waals surface area contributed by atoms with Crippen molar-refractivity contribution < 1.29 is 4.92 Å². The summed E-state index contributed by atoms with van der Waals surface area (Å²) in [7, 11) is 0. The van der Waals surface area contributed by atoms with Crippen molar-refractivity contribution >= 4 is 5.69 Å². The van der Waals surface area contributed by atoms with E-state index in [1.807, 2.05) is 6.07 Å². The van der Waals surface area contributed by atoms with Crippen LogP contribution in [0.5, 0.6) is 0 Å². The van der Waals surface area contributed by atoms with E-state index in [1.54, 1.807) is 30.3 Å². The Balaban J connectivity index is 2.49. The zero-order valence-electron chi connectivity index (χ0n) is 8.70. The fraction of sp³-hybridized carbons (Fsp3) is 0. The summed E-state index contributed by atoms with van der Waals surface area (Å²) in [6.45, 7) is 0. The second kappa shape index (κ2) is 4.41. The summed E-state index contributed by atoms with van der Waals surface area (Å²) >= 11 is 0. The Kier molecular flexibility index (Phi) is 2.79. The Bertz CT molecular complexity index is 617. The number of aromatic nitrogens is 1. The summed E-state index contributed by atoms with van der Waals surface area (Å²) < 4.78 is 0. The third-order valence-electron chi connectivity index (χ3n) is 2.22. The van der Waals surface area contributed by atoms with Gasteiger partial charge in [-0.3, -0.25) is 10.1 Å². The summed E-state index contributed by atoms with van der Waals surface area (Å²) in [5.74, 6) is 0. The van der Waals surface area contributed by atoms with E-state index in [0.717, 1.165) is 0 Å². The van der Waals surface area contributed by atoms with Crippen LogP contribution in [0, 0.1) is 21.4 Å². The normalized spacial score (nSPS) is 9.59. The van der Waals surface area contributed by atoms with Crippen LogP contribution in [-0.4, -0.2) is 9.91 Å². The molecule has 2 rings (SSSR count). The zero-order valence-corrected chi connectivity index (χ0v) is 8.70. The number of non-ortho nitro benzene ring substituents is 1. The van der Waals surface area contributed by atoms with Gasteiger partial charge in [-0.1, -0.05) is 18.2 Å². The highest BCUT2D eigenvalue weighted by Crippen LogP contribution is 2.22. The van der Waals surface area contributed by atoms with Crippen LogP contribution in [0.2, 0.25) is 0 Å². The number of hydrogen-bond donors (Lipinski definition) is 0. The van der Waals surface area contributed by atoms with Crippen LogP contribution in [0.3, 0.4) is 0 Å². The molecule has 1 aromatic heterocycles. The standard InChI is InChI=1S/C12H7N3O2/c13-8-10-4-2-6-12(14-10)9-3-1-5-11(7-9)15(16)17/h1-7H. The molecule has 0 radical (unpaired) electrons. The average molecular weight is 225 g/mol. The maximum absolute atomic E-state index is 10.6. The molecule has 1 aromatic carbocycles. The van der Waals surface area contributed by atoms with Crippen molar-refractivity contribution in [3.8, 4) is 17.3 Å². The number of hydrogen-bond acceptors (Lipinski definition) is 4. The maximum Gasteiger partial charge on any atom is 0.270 e. The van der Waals surface area contributed by atoms with Crippen LogP contribution in [-0.2, 0) is 0 Å². The second-order valence-corrected chi connectivity index (χ2v) is 3.33. The summed E-state index contributed by atoms with van der Waals surface area (Å²) in [4.78, 5) is 14.3. The van der Waals surface area contributed by atoms with Crippen LogP contribution < -0.4 is 0 Å². The lowest BCUT2D eigenvalue weighted by Gasteiger charge is -2.00. The van der Waals surface area contributed by atoms with E-state index < -0.39 is 4.92 Å². The van der Waals surface area contributed by atoms with Crippen LogP contribution in [0.1, 0.15) is 5.69 Å². The minimum Gasteiger partial charge on any atom is -0.258 e. The molecule has 17 heavy (non-hydrogen) atoms. The Morgan fingerprint density at radius 2 is 2.00 bits per heavy atom. The van der Waals surface area contributed by atoms with Crippen molar-refractivity contribution in [2.24, 2.45) is 0 Å². The third-order valence-corrected chi connectivity index (χ3v) is 2.22. The lowest BCUT2D eigenvalue weighted by atomic mass is 10.1. The van der Waals surface area contributed by atoms with Gasteiger partial charge in [-0.2, -0.15) is 5.26 Å². The minimum atomic E-state index is -0.461. The number of pyridine rings is 1. The first-order valence-electron chi connectivity index (χ1n) is 4.82. The Hall–Kier alpha value is -2.74. The monoisotopic (exact) mass is 225 g/mol. The summed E-state index contributed by atoms with van der Waals surface area (Å²) in [5.41, 5.74) is 1.46. The molecule has 0 saturated heterocycles. The SMILES string of the molecule is N#Cc1cccc(-c2cccc([N+](=O)[O-])c2)n1. The van der Waals surface area contributed by atoms with Gasteiger partial charge in [0, 0.05) is 17.7 Å². The van der Waals surface area contributed by atoms with Gasteiger partial charge >= 0.3 is 0 Å². The van der Waals surface area contributed by atoms with Gasteiger partial charge in [0.1, 0.15) is 11.8 Å². The van der Waals surface area contributed by atoms with Gasteiger partial charge in [0.05, 0.1) is 10.6 Å². The van der Waals surface area contributed by atoms with Gasteiger partial charge in [-0.05, 0) is 12.1 Å². The first-order valence-corrected chi connectivity index (χ1v) is 4.82. The molecule has 2 aromatic rings. The third kappa shape index (κ3) is 2.26. The number of rotatable bonds is 2. The van der Waals surface area contributed by atoms with E-state index in [-0.39, 0.29) is 11.4 Å². The summed E-state index contributed by atoms with van der Waals surface area (Å²) in [6.07, 6.45) is 0. The Morgan fingerprint density at radius 1 is 1.24 bits per heavy atom. The van der Waals surface area contributed by atoms with Crippen LogP contribution in [0.15, 0.2) is 42.5 Å². The number of nitriles is 1.